The zero-order chi connectivity index (χ0) is 19.9. The summed E-state index contributed by atoms with van der Waals surface area (Å²) in [5, 5.41) is 14.3. The Kier molecular flexibility index (Phi) is 5.03. The maximum atomic E-state index is 13.1. The molecule has 0 spiro atoms. The Morgan fingerprint density at radius 1 is 1.15 bits per heavy atom. The summed E-state index contributed by atoms with van der Waals surface area (Å²) in [5.74, 6) is -0.544. The van der Waals surface area contributed by atoms with Crippen LogP contribution in [0.2, 0.25) is 0 Å². The first-order valence-corrected chi connectivity index (χ1v) is 10.9. The summed E-state index contributed by atoms with van der Waals surface area (Å²) in [7, 11) is -1.88. The van der Waals surface area contributed by atoms with Crippen LogP contribution >= 0.6 is 0 Å². The van der Waals surface area contributed by atoms with Crippen molar-refractivity contribution in [3.63, 3.8) is 0 Å². The molecule has 1 aromatic heterocycles. The van der Waals surface area contributed by atoms with E-state index in [0.717, 1.165) is 32.4 Å². The van der Waals surface area contributed by atoms with Gasteiger partial charge in [-0.05, 0) is 50.8 Å². The number of sulfone groups is 1. The number of carbonyl (C=O) groups excluding carboxylic acids is 1. The van der Waals surface area contributed by atoms with Crippen LogP contribution in [0.25, 0.3) is 0 Å². The molecule has 3 rings (SSSR count). The fourth-order valence-corrected chi connectivity index (χ4v) is 4.73. The molecule has 1 N–H and O–H groups in total. The highest BCUT2D eigenvalue weighted by atomic mass is 32.2. The summed E-state index contributed by atoms with van der Waals surface area (Å²) in [4.78, 5) is 15.4. The number of piperidine rings is 1. The van der Waals surface area contributed by atoms with Crippen molar-refractivity contribution < 1.29 is 18.3 Å². The molecule has 27 heavy (non-hydrogen) atoms. The standard InChI is InChI=1S/C19H25N3O4S/c1-12-14(18(23)16-13(2)20-21(3)19(16)24)8-9-15(27(4,25)26)17(12)22-10-6-5-7-11-22/h8-9,24H,5-7,10-11H2,1-4H3. The van der Waals surface area contributed by atoms with Gasteiger partial charge in [-0.3, -0.25) is 4.79 Å². The predicted molar refractivity (Wildman–Crippen MR) is 103 cm³/mol. The lowest BCUT2D eigenvalue weighted by atomic mass is 9.96. The number of aromatic nitrogens is 2. The van der Waals surface area contributed by atoms with E-state index in [1.165, 1.54) is 23.1 Å². The molecule has 1 aliphatic rings. The number of aromatic hydroxyl groups is 1. The summed E-state index contributed by atoms with van der Waals surface area (Å²) in [6, 6.07) is 3.04. The third kappa shape index (κ3) is 3.45. The highest BCUT2D eigenvalue weighted by molar-refractivity contribution is 7.90. The molecule has 1 saturated heterocycles. The first kappa shape index (κ1) is 19.4. The monoisotopic (exact) mass is 391 g/mol. The van der Waals surface area contributed by atoms with Gasteiger partial charge in [0, 0.05) is 32.0 Å². The van der Waals surface area contributed by atoms with Crippen LogP contribution in [-0.4, -0.2) is 48.4 Å². The van der Waals surface area contributed by atoms with E-state index < -0.39 is 9.84 Å². The number of hydrogen-bond donors (Lipinski definition) is 1. The van der Waals surface area contributed by atoms with Gasteiger partial charge in [0.2, 0.25) is 11.7 Å². The Morgan fingerprint density at radius 3 is 2.30 bits per heavy atom. The first-order chi connectivity index (χ1) is 12.6. The zero-order valence-electron chi connectivity index (χ0n) is 16.1. The van der Waals surface area contributed by atoms with E-state index in [4.69, 9.17) is 0 Å². The van der Waals surface area contributed by atoms with Crippen molar-refractivity contribution in [3.05, 3.63) is 34.5 Å². The van der Waals surface area contributed by atoms with Crippen LogP contribution in [0.1, 0.15) is 46.4 Å². The maximum Gasteiger partial charge on any atom is 0.220 e. The summed E-state index contributed by atoms with van der Waals surface area (Å²) < 4.78 is 26.0. The van der Waals surface area contributed by atoms with Gasteiger partial charge in [-0.25, -0.2) is 13.1 Å². The first-order valence-electron chi connectivity index (χ1n) is 8.98. The molecule has 0 atom stereocenters. The molecule has 0 aliphatic carbocycles. The van der Waals surface area contributed by atoms with Crippen LogP contribution in [0.15, 0.2) is 17.0 Å². The van der Waals surface area contributed by atoms with Crippen molar-refractivity contribution in [1.82, 2.24) is 9.78 Å². The predicted octanol–water partition coefficient (Wildman–Crippen LogP) is 2.37. The molecule has 7 nitrogen and oxygen atoms in total. The smallest absolute Gasteiger partial charge is 0.220 e. The van der Waals surface area contributed by atoms with Gasteiger partial charge in [0.1, 0.15) is 5.56 Å². The highest BCUT2D eigenvalue weighted by Gasteiger charge is 2.28. The van der Waals surface area contributed by atoms with Gasteiger partial charge in [0.05, 0.1) is 16.3 Å². The minimum absolute atomic E-state index is 0.150. The van der Waals surface area contributed by atoms with Crippen LogP contribution in [0.3, 0.4) is 0 Å². The van der Waals surface area contributed by atoms with Gasteiger partial charge in [0.15, 0.2) is 9.84 Å². The fourth-order valence-electron chi connectivity index (χ4n) is 3.78. The number of benzene rings is 1. The fraction of sp³-hybridized carbons (Fsp3) is 0.474. The molecule has 0 saturated carbocycles. The van der Waals surface area contributed by atoms with E-state index in [0.29, 0.717) is 22.5 Å². The minimum Gasteiger partial charge on any atom is -0.493 e. The molecule has 0 bridgehead atoms. The van der Waals surface area contributed by atoms with E-state index in [2.05, 4.69) is 10.00 Å². The lowest BCUT2D eigenvalue weighted by molar-refractivity contribution is 0.103. The summed E-state index contributed by atoms with van der Waals surface area (Å²) in [6.07, 6.45) is 4.28. The van der Waals surface area contributed by atoms with Crippen molar-refractivity contribution in [3.8, 4) is 5.88 Å². The number of hydrogen-bond acceptors (Lipinski definition) is 6. The van der Waals surface area contributed by atoms with Crippen LogP contribution in [-0.2, 0) is 16.9 Å². The average molecular weight is 391 g/mol. The van der Waals surface area contributed by atoms with Crippen molar-refractivity contribution in [2.24, 2.45) is 7.05 Å². The van der Waals surface area contributed by atoms with Gasteiger partial charge in [-0.15, -0.1) is 0 Å². The van der Waals surface area contributed by atoms with Gasteiger partial charge < -0.3 is 10.0 Å². The molecular weight excluding hydrogens is 366 g/mol. The Hall–Kier alpha value is -2.35. The minimum atomic E-state index is -3.44. The summed E-state index contributed by atoms with van der Waals surface area (Å²) >= 11 is 0. The molecule has 0 unspecified atom stereocenters. The number of aryl methyl sites for hydroxylation is 2. The molecule has 1 fully saturated rings. The number of rotatable bonds is 4. The highest BCUT2D eigenvalue weighted by Crippen LogP contribution is 2.35. The van der Waals surface area contributed by atoms with E-state index in [1.807, 2.05) is 0 Å². The third-order valence-electron chi connectivity index (χ3n) is 5.13. The second kappa shape index (κ2) is 6.99. The lowest BCUT2D eigenvalue weighted by Crippen LogP contribution is -2.31. The molecule has 146 valence electrons. The van der Waals surface area contributed by atoms with Crippen LogP contribution in [0.5, 0.6) is 5.88 Å². The normalized spacial score (nSPS) is 15.2. The summed E-state index contributed by atoms with van der Waals surface area (Å²) in [6.45, 7) is 4.96. The maximum absolute atomic E-state index is 13.1. The Morgan fingerprint density at radius 2 is 1.78 bits per heavy atom. The van der Waals surface area contributed by atoms with E-state index in [-0.39, 0.29) is 22.1 Å². The quantitative estimate of drug-likeness (QED) is 0.805. The second-order valence-corrected chi connectivity index (χ2v) is 9.13. The Balaban J connectivity index is 2.19. The zero-order valence-corrected chi connectivity index (χ0v) is 16.9. The Bertz CT molecular complexity index is 1000. The molecule has 8 heteroatoms. The Labute approximate surface area is 159 Å². The van der Waals surface area contributed by atoms with Crippen LogP contribution in [0.4, 0.5) is 5.69 Å². The van der Waals surface area contributed by atoms with Crippen molar-refractivity contribution in [2.75, 3.05) is 24.2 Å². The average Bonchev–Trinajstić information content (AvgIpc) is 2.86. The largest absolute Gasteiger partial charge is 0.493 e. The number of ketones is 1. The van der Waals surface area contributed by atoms with E-state index in [9.17, 15) is 18.3 Å². The third-order valence-corrected chi connectivity index (χ3v) is 6.26. The molecule has 2 aromatic rings. The van der Waals surface area contributed by atoms with E-state index >= 15 is 0 Å². The second-order valence-electron chi connectivity index (χ2n) is 7.14. The molecule has 0 amide bonds. The number of carbonyl (C=O) groups is 1. The van der Waals surface area contributed by atoms with Crippen molar-refractivity contribution >= 4 is 21.3 Å². The van der Waals surface area contributed by atoms with Crippen LogP contribution in [0, 0.1) is 13.8 Å². The molecule has 2 heterocycles. The van der Waals surface area contributed by atoms with Gasteiger partial charge in [0.25, 0.3) is 0 Å². The van der Waals surface area contributed by atoms with E-state index in [1.54, 1.807) is 20.9 Å². The van der Waals surface area contributed by atoms with Gasteiger partial charge in [-0.1, -0.05) is 0 Å². The molecule has 1 aromatic carbocycles. The number of anilines is 1. The summed E-state index contributed by atoms with van der Waals surface area (Å²) in [5.41, 5.74) is 2.19. The lowest BCUT2D eigenvalue weighted by Gasteiger charge is -2.32. The van der Waals surface area contributed by atoms with Crippen LogP contribution < -0.4 is 4.90 Å². The molecular formula is C19H25N3O4S. The van der Waals surface area contributed by atoms with Gasteiger partial charge in [-0.2, -0.15) is 5.10 Å². The number of nitrogens with zero attached hydrogens (tertiary/aromatic N) is 3. The van der Waals surface area contributed by atoms with Crippen molar-refractivity contribution in [2.45, 2.75) is 38.0 Å². The van der Waals surface area contributed by atoms with Crippen molar-refractivity contribution in [1.29, 1.82) is 0 Å². The van der Waals surface area contributed by atoms with Gasteiger partial charge >= 0.3 is 0 Å². The molecule has 1 aliphatic heterocycles. The topological polar surface area (TPSA) is 92.5 Å². The molecule has 0 radical (unpaired) electrons. The SMILES string of the molecule is Cc1nn(C)c(O)c1C(=O)c1ccc(S(C)(=O)=O)c(N2CCCCC2)c1C.